The molecule has 4 nitrogen and oxygen atoms in total. The van der Waals surface area contributed by atoms with Gasteiger partial charge in [-0.25, -0.2) is 4.79 Å². The third-order valence-corrected chi connectivity index (χ3v) is 4.34. The van der Waals surface area contributed by atoms with Crippen molar-refractivity contribution in [2.24, 2.45) is 0 Å². The summed E-state index contributed by atoms with van der Waals surface area (Å²) in [4.78, 5) is 13.9. The number of amides is 2. The highest BCUT2D eigenvalue weighted by atomic mass is 16.5. The first kappa shape index (κ1) is 19.8. The SMILES string of the molecule is CCOc1ccc(CN(C)C(=O)NCCc2ccc(C(C)C)cc2)cc1. The lowest BCUT2D eigenvalue weighted by Crippen LogP contribution is -2.37. The van der Waals surface area contributed by atoms with Gasteiger partial charge in [0.05, 0.1) is 6.61 Å². The highest BCUT2D eigenvalue weighted by molar-refractivity contribution is 5.73. The van der Waals surface area contributed by atoms with Crippen LogP contribution in [-0.2, 0) is 13.0 Å². The summed E-state index contributed by atoms with van der Waals surface area (Å²) in [5.74, 6) is 1.40. The van der Waals surface area contributed by atoms with Crippen molar-refractivity contribution in [3.63, 3.8) is 0 Å². The standard InChI is InChI=1S/C22H30N2O2/c1-5-26-21-12-8-19(9-13-21)16-24(4)22(25)23-15-14-18-6-10-20(11-7-18)17(2)3/h6-13,17H,5,14-16H2,1-4H3,(H,23,25). The first-order valence-electron chi connectivity index (χ1n) is 9.29. The molecule has 140 valence electrons. The molecule has 0 heterocycles. The summed E-state index contributed by atoms with van der Waals surface area (Å²) in [6, 6.07) is 16.4. The minimum atomic E-state index is -0.0577. The predicted octanol–water partition coefficient (Wildman–Crippen LogP) is 4.59. The van der Waals surface area contributed by atoms with Crippen LogP contribution in [0.3, 0.4) is 0 Å². The number of carbonyl (C=O) groups excluding carboxylic acids is 1. The number of hydrogen-bond donors (Lipinski definition) is 1. The van der Waals surface area contributed by atoms with Gasteiger partial charge in [0.15, 0.2) is 0 Å². The molecule has 0 aliphatic carbocycles. The van der Waals surface area contributed by atoms with Gasteiger partial charge in [-0.05, 0) is 48.1 Å². The fourth-order valence-corrected chi connectivity index (χ4v) is 2.72. The maximum Gasteiger partial charge on any atom is 0.317 e. The van der Waals surface area contributed by atoms with Gasteiger partial charge in [0.1, 0.15) is 5.75 Å². The molecule has 4 heteroatoms. The topological polar surface area (TPSA) is 41.6 Å². The molecule has 0 aliphatic heterocycles. The van der Waals surface area contributed by atoms with Crippen molar-refractivity contribution in [2.45, 2.75) is 39.7 Å². The highest BCUT2D eigenvalue weighted by Gasteiger charge is 2.08. The van der Waals surface area contributed by atoms with E-state index in [0.29, 0.717) is 25.6 Å². The Balaban J connectivity index is 1.76. The van der Waals surface area contributed by atoms with Gasteiger partial charge in [-0.3, -0.25) is 0 Å². The Kier molecular flexibility index (Phi) is 7.52. The average molecular weight is 354 g/mol. The van der Waals surface area contributed by atoms with Gasteiger partial charge in [-0.2, -0.15) is 0 Å². The van der Waals surface area contributed by atoms with Crippen molar-refractivity contribution in [2.75, 3.05) is 20.2 Å². The van der Waals surface area contributed by atoms with Crippen molar-refractivity contribution >= 4 is 6.03 Å². The highest BCUT2D eigenvalue weighted by Crippen LogP contribution is 2.15. The van der Waals surface area contributed by atoms with Crippen LogP contribution < -0.4 is 10.1 Å². The van der Waals surface area contributed by atoms with E-state index in [0.717, 1.165) is 17.7 Å². The lowest BCUT2D eigenvalue weighted by Gasteiger charge is -2.18. The molecule has 0 bridgehead atoms. The zero-order chi connectivity index (χ0) is 18.9. The van der Waals surface area contributed by atoms with Crippen LogP contribution in [0.25, 0.3) is 0 Å². The number of rotatable bonds is 8. The lowest BCUT2D eigenvalue weighted by molar-refractivity contribution is 0.207. The van der Waals surface area contributed by atoms with E-state index in [-0.39, 0.29) is 6.03 Å². The molecular weight excluding hydrogens is 324 g/mol. The van der Waals surface area contributed by atoms with Crippen molar-refractivity contribution in [3.05, 3.63) is 65.2 Å². The van der Waals surface area contributed by atoms with Crippen LogP contribution in [0.4, 0.5) is 4.79 Å². The zero-order valence-electron chi connectivity index (χ0n) is 16.3. The summed E-state index contributed by atoms with van der Waals surface area (Å²) in [5.41, 5.74) is 3.66. The van der Waals surface area contributed by atoms with Gasteiger partial charge in [0.2, 0.25) is 0 Å². The molecule has 0 unspecified atom stereocenters. The molecule has 2 amide bonds. The normalized spacial score (nSPS) is 10.7. The molecule has 0 radical (unpaired) electrons. The van der Waals surface area contributed by atoms with Crippen molar-refractivity contribution < 1.29 is 9.53 Å². The maximum absolute atomic E-state index is 12.2. The van der Waals surface area contributed by atoms with Crippen LogP contribution in [-0.4, -0.2) is 31.1 Å². The van der Waals surface area contributed by atoms with Crippen molar-refractivity contribution in [3.8, 4) is 5.75 Å². The van der Waals surface area contributed by atoms with Crippen LogP contribution >= 0.6 is 0 Å². The predicted molar refractivity (Wildman–Crippen MR) is 107 cm³/mol. The Labute approximate surface area is 157 Å². The number of nitrogens with zero attached hydrogens (tertiary/aromatic N) is 1. The van der Waals surface area contributed by atoms with Crippen LogP contribution in [0.2, 0.25) is 0 Å². The summed E-state index contributed by atoms with van der Waals surface area (Å²) in [7, 11) is 1.81. The summed E-state index contributed by atoms with van der Waals surface area (Å²) < 4.78 is 5.44. The second kappa shape index (κ2) is 9.85. The molecule has 0 saturated heterocycles. The van der Waals surface area contributed by atoms with Crippen LogP contribution in [0.5, 0.6) is 5.75 Å². The number of urea groups is 1. The number of ether oxygens (including phenoxy) is 1. The van der Waals surface area contributed by atoms with Gasteiger partial charge >= 0.3 is 6.03 Å². The Hall–Kier alpha value is -2.49. The van der Waals surface area contributed by atoms with Crippen LogP contribution in [0.15, 0.2) is 48.5 Å². The van der Waals surface area contributed by atoms with E-state index in [1.54, 1.807) is 4.90 Å². The Bertz CT molecular complexity index is 678. The van der Waals surface area contributed by atoms with Crippen molar-refractivity contribution in [1.29, 1.82) is 0 Å². The molecule has 0 aromatic heterocycles. The Morgan fingerprint density at radius 1 is 1.04 bits per heavy atom. The molecule has 2 rings (SSSR count). The van der Waals surface area contributed by atoms with Gasteiger partial charge in [-0.15, -0.1) is 0 Å². The largest absolute Gasteiger partial charge is 0.494 e. The quantitative estimate of drug-likeness (QED) is 0.753. The van der Waals surface area contributed by atoms with E-state index in [4.69, 9.17) is 4.74 Å². The minimum absolute atomic E-state index is 0.0577. The van der Waals surface area contributed by atoms with Gasteiger partial charge in [0.25, 0.3) is 0 Å². The first-order chi connectivity index (χ1) is 12.5. The third-order valence-electron chi connectivity index (χ3n) is 4.34. The van der Waals surface area contributed by atoms with E-state index < -0.39 is 0 Å². The van der Waals surface area contributed by atoms with Crippen LogP contribution in [0, 0.1) is 0 Å². The zero-order valence-corrected chi connectivity index (χ0v) is 16.3. The summed E-state index contributed by atoms with van der Waals surface area (Å²) in [5, 5.41) is 2.98. The Morgan fingerprint density at radius 3 is 2.23 bits per heavy atom. The van der Waals surface area contributed by atoms with E-state index in [1.807, 2.05) is 38.2 Å². The maximum atomic E-state index is 12.2. The third kappa shape index (κ3) is 6.10. The average Bonchev–Trinajstić information content (AvgIpc) is 2.64. The lowest BCUT2D eigenvalue weighted by atomic mass is 10.0. The molecule has 0 atom stereocenters. The molecule has 0 spiro atoms. The second-order valence-electron chi connectivity index (χ2n) is 6.81. The Morgan fingerprint density at radius 2 is 1.65 bits per heavy atom. The summed E-state index contributed by atoms with van der Waals surface area (Å²) in [6.07, 6.45) is 0.834. The van der Waals surface area contributed by atoms with Crippen molar-refractivity contribution in [1.82, 2.24) is 10.2 Å². The number of nitrogens with one attached hydrogen (secondary N) is 1. The van der Waals surface area contributed by atoms with E-state index in [1.165, 1.54) is 11.1 Å². The minimum Gasteiger partial charge on any atom is -0.494 e. The van der Waals surface area contributed by atoms with E-state index >= 15 is 0 Å². The fourth-order valence-electron chi connectivity index (χ4n) is 2.72. The summed E-state index contributed by atoms with van der Waals surface area (Å²) >= 11 is 0. The van der Waals surface area contributed by atoms with Gasteiger partial charge < -0.3 is 15.0 Å². The number of benzene rings is 2. The molecular formula is C22H30N2O2. The number of hydrogen-bond acceptors (Lipinski definition) is 2. The monoisotopic (exact) mass is 354 g/mol. The van der Waals surface area contributed by atoms with Gasteiger partial charge in [0, 0.05) is 20.1 Å². The molecule has 0 saturated carbocycles. The van der Waals surface area contributed by atoms with E-state index in [9.17, 15) is 4.79 Å². The molecule has 2 aromatic rings. The van der Waals surface area contributed by atoms with E-state index in [2.05, 4.69) is 43.4 Å². The molecule has 2 aromatic carbocycles. The number of carbonyl (C=O) groups is 1. The molecule has 1 N–H and O–H groups in total. The molecule has 0 fully saturated rings. The second-order valence-corrected chi connectivity index (χ2v) is 6.81. The van der Waals surface area contributed by atoms with Gasteiger partial charge in [-0.1, -0.05) is 50.2 Å². The molecule has 26 heavy (non-hydrogen) atoms. The molecule has 0 aliphatic rings. The fraction of sp³-hybridized carbons (Fsp3) is 0.409. The van der Waals surface area contributed by atoms with Crippen LogP contribution in [0.1, 0.15) is 43.4 Å². The summed E-state index contributed by atoms with van der Waals surface area (Å²) in [6.45, 7) is 8.20. The smallest absolute Gasteiger partial charge is 0.317 e. The first-order valence-corrected chi connectivity index (χ1v) is 9.29.